The van der Waals surface area contributed by atoms with Gasteiger partial charge in [-0.1, -0.05) is 0 Å². The van der Waals surface area contributed by atoms with Crippen molar-refractivity contribution in [1.29, 1.82) is 0 Å². The molecule has 1 saturated carbocycles. The van der Waals surface area contributed by atoms with Gasteiger partial charge in [-0.05, 0) is 18.9 Å². The van der Waals surface area contributed by atoms with Crippen molar-refractivity contribution in [3.05, 3.63) is 33.9 Å². The highest BCUT2D eigenvalue weighted by molar-refractivity contribution is 5.99. The van der Waals surface area contributed by atoms with Crippen molar-refractivity contribution in [2.24, 2.45) is 0 Å². The van der Waals surface area contributed by atoms with Gasteiger partial charge in [0.2, 0.25) is 5.91 Å². The smallest absolute Gasteiger partial charge is 0.270 e. The Labute approximate surface area is 120 Å². The molecule has 8 nitrogen and oxygen atoms in total. The maximum Gasteiger partial charge on any atom is 0.270 e. The minimum Gasteiger partial charge on any atom is -0.496 e. The van der Waals surface area contributed by atoms with Crippen LogP contribution in [0.4, 0.5) is 5.69 Å². The summed E-state index contributed by atoms with van der Waals surface area (Å²) >= 11 is 0. The monoisotopic (exact) mass is 293 g/mol. The summed E-state index contributed by atoms with van der Waals surface area (Å²) in [6, 6.07) is 3.92. The molecule has 2 N–H and O–H groups in total. The van der Waals surface area contributed by atoms with Crippen LogP contribution in [0.25, 0.3) is 0 Å². The van der Waals surface area contributed by atoms with E-state index in [1.807, 2.05) is 0 Å². The van der Waals surface area contributed by atoms with Gasteiger partial charge in [-0.25, -0.2) is 0 Å². The van der Waals surface area contributed by atoms with E-state index >= 15 is 0 Å². The molecular formula is C13H15N3O5. The summed E-state index contributed by atoms with van der Waals surface area (Å²) < 4.78 is 5.00. The molecule has 1 fully saturated rings. The number of hydrogen-bond acceptors (Lipinski definition) is 5. The number of non-ortho nitro benzene ring substituents is 1. The van der Waals surface area contributed by atoms with Gasteiger partial charge < -0.3 is 15.4 Å². The number of rotatable bonds is 6. The van der Waals surface area contributed by atoms with Crippen molar-refractivity contribution < 1.29 is 19.2 Å². The fraction of sp³-hybridized carbons (Fsp3) is 0.385. The number of carbonyl (C=O) groups excluding carboxylic acids is 2. The predicted octanol–water partition coefficient (Wildman–Crippen LogP) is 0.612. The second-order valence-electron chi connectivity index (χ2n) is 4.67. The molecule has 0 aliphatic heterocycles. The standard InChI is InChI=1S/C13H15N3O5/c1-21-11-5-4-9(16(19)20)6-10(11)13(18)14-7-12(17)15-8-2-3-8/h4-6,8H,2-3,7H2,1H3,(H,14,18)(H,15,17). The van der Waals surface area contributed by atoms with Gasteiger partial charge in [-0.3, -0.25) is 19.7 Å². The highest BCUT2D eigenvalue weighted by atomic mass is 16.6. The first kappa shape index (κ1) is 14.8. The maximum atomic E-state index is 12.0. The number of carbonyl (C=O) groups is 2. The van der Waals surface area contributed by atoms with E-state index < -0.39 is 10.8 Å². The third kappa shape index (κ3) is 3.91. The van der Waals surface area contributed by atoms with Crippen LogP contribution < -0.4 is 15.4 Å². The van der Waals surface area contributed by atoms with Crippen molar-refractivity contribution >= 4 is 17.5 Å². The Morgan fingerprint density at radius 2 is 2.14 bits per heavy atom. The zero-order valence-corrected chi connectivity index (χ0v) is 11.4. The van der Waals surface area contributed by atoms with Crippen LogP contribution in [0.2, 0.25) is 0 Å². The summed E-state index contributed by atoms with van der Waals surface area (Å²) in [6.45, 7) is -0.179. The molecule has 0 unspecified atom stereocenters. The van der Waals surface area contributed by atoms with Gasteiger partial charge >= 0.3 is 0 Å². The third-order valence-corrected chi connectivity index (χ3v) is 2.99. The van der Waals surface area contributed by atoms with Crippen molar-refractivity contribution in [3.63, 3.8) is 0 Å². The fourth-order valence-electron chi connectivity index (χ4n) is 1.75. The van der Waals surface area contributed by atoms with Crippen molar-refractivity contribution in [2.75, 3.05) is 13.7 Å². The van der Waals surface area contributed by atoms with Crippen LogP contribution in [0.5, 0.6) is 5.75 Å². The van der Waals surface area contributed by atoms with Crippen LogP contribution in [-0.2, 0) is 4.79 Å². The number of nitrogens with zero attached hydrogens (tertiary/aromatic N) is 1. The van der Waals surface area contributed by atoms with E-state index in [1.54, 1.807) is 0 Å². The molecule has 0 atom stereocenters. The molecule has 0 saturated heterocycles. The van der Waals surface area contributed by atoms with E-state index in [9.17, 15) is 19.7 Å². The minimum absolute atomic E-state index is 0.0194. The first-order valence-corrected chi connectivity index (χ1v) is 6.41. The Bertz CT molecular complexity index is 583. The third-order valence-electron chi connectivity index (χ3n) is 2.99. The largest absolute Gasteiger partial charge is 0.496 e. The summed E-state index contributed by atoms with van der Waals surface area (Å²) in [7, 11) is 1.36. The summed E-state index contributed by atoms with van der Waals surface area (Å²) in [4.78, 5) is 33.6. The summed E-state index contributed by atoms with van der Waals surface area (Å²) in [5.74, 6) is -0.669. The molecule has 0 heterocycles. The van der Waals surface area contributed by atoms with Crippen LogP contribution in [0.1, 0.15) is 23.2 Å². The molecule has 2 rings (SSSR count). The molecule has 0 spiro atoms. The number of nitrogens with one attached hydrogen (secondary N) is 2. The highest BCUT2D eigenvalue weighted by Crippen LogP contribution is 2.23. The number of nitro benzene ring substituents is 1. The van der Waals surface area contributed by atoms with E-state index in [1.165, 1.54) is 19.2 Å². The Hall–Kier alpha value is -2.64. The zero-order chi connectivity index (χ0) is 15.4. The van der Waals surface area contributed by atoms with Gasteiger partial charge in [0, 0.05) is 18.2 Å². The first-order valence-electron chi connectivity index (χ1n) is 6.41. The van der Waals surface area contributed by atoms with Crippen molar-refractivity contribution in [2.45, 2.75) is 18.9 Å². The SMILES string of the molecule is COc1ccc([N+](=O)[O-])cc1C(=O)NCC(=O)NC1CC1. The van der Waals surface area contributed by atoms with Crippen LogP contribution in [0.15, 0.2) is 18.2 Å². The number of benzene rings is 1. The summed E-state index contributed by atoms with van der Waals surface area (Å²) in [5, 5.41) is 15.9. The van der Waals surface area contributed by atoms with Crippen LogP contribution in [0, 0.1) is 10.1 Å². The second kappa shape index (κ2) is 6.21. The molecule has 21 heavy (non-hydrogen) atoms. The van der Waals surface area contributed by atoms with E-state index in [-0.39, 0.29) is 35.5 Å². The van der Waals surface area contributed by atoms with E-state index in [4.69, 9.17) is 4.74 Å². The highest BCUT2D eigenvalue weighted by Gasteiger charge is 2.23. The van der Waals surface area contributed by atoms with E-state index in [0.717, 1.165) is 18.9 Å². The molecule has 8 heteroatoms. The normalized spacial score (nSPS) is 13.4. The summed E-state index contributed by atoms with van der Waals surface area (Å²) in [5.41, 5.74) is -0.200. The minimum atomic E-state index is -0.601. The molecule has 0 aromatic heterocycles. The molecule has 2 amide bonds. The predicted molar refractivity (Wildman–Crippen MR) is 73.1 cm³/mol. The lowest BCUT2D eigenvalue weighted by Gasteiger charge is -2.09. The maximum absolute atomic E-state index is 12.0. The van der Waals surface area contributed by atoms with Gasteiger partial charge in [0.15, 0.2) is 0 Å². The average molecular weight is 293 g/mol. The second-order valence-corrected chi connectivity index (χ2v) is 4.67. The lowest BCUT2D eigenvalue weighted by atomic mass is 10.1. The number of amides is 2. The lowest BCUT2D eigenvalue weighted by molar-refractivity contribution is -0.384. The van der Waals surface area contributed by atoms with Crippen LogP contribution in [0.3, 0.4) is 0 Å². The lowest BCUT2D eigenvalue weighted by Crippen LogP contribution is -2.37. The van der Waals surface area contributed by atoms with Crippen molar-refractivity contribution in [3.8, 4) is 5.75 Å². The Balaban J connectivity index is 2.03. The fourth-order valence-corrected chi connectivity index (χ4v) is 1.75. The van der Waals surface area contributed by atoms with Crippen LogP contribution >= 0.6 is 0 Å². The average Bonchev–Trinajstić information content (AvgIpc) is 3.27. The number of ether oxygens (including phenoxy) is 1. The number of methoxy groups -OCH3 is 1. The Morgan fingerprint density at radius 1 is 1.43 bits per heavy atom. The molecule has 1 aromatic rings. The van der Waals surface area contributed by atoms with Crippen LogP contribution in [-0.4, -0.2) is 36.4 Å². The molecular weight excluding hydrogens is 278 g/mol. The first-order chi connectivity index (χ1) is 10.0. The van der Waals surface area contributed by atoms with Crippen molar-refractivity contribution in [1.82, 2.24) is 10.6 Å². The molecule has 1 aromatic carbocycles. The molecule has 112 valence electrons. The van der Waals surface area contributed by atoms with Gasteiger partial charge in [0.1, 0.15) is 5.75 Å². The molecule has 0 radical (unpaired) electrons. The van der Waals surface area contributed by atoms with Gasteiger partial charge in [-0.2, -0.15) is 0 Å². The molecule has 0 bridgehead atoms. The van der Waals surface area contributed by atoms with Gasteiger partial charge in [-0.15, -0.1) is 0 Å². The number of nitro groups is 1. The molecule has 1 aliphatic carbocycles. The summed E-state index contributed by atoms with van der Waals surface area (Å²) in [6.07, 6.45) is 1.91. The van der Waals surface area contributed by atoms with E-state index in [2.05, 4.69) is 10.6 Å². The quantitative estimate of drug-likeness (QED) is 0.590. The topological polar surface area (TPSA) is 111 Å². The van der Waals surface area contributed by atoms with E-state index in [0.29, 0.717) is 0 Å². The number of hydrogen-bond donors (Lipinski definition) is 2. The Kier molecular flexibility index (Phi) is 4.36. The Morgan fingerprint density at radius 3 is 2.71 bits per heavy atom. The molecule has 1 aliphatic rings. The van der Waals surface area contributed by atoms with Gasteiger partial charge in [0.25, 0.3) is 11.6 Å². The zero-order valence-electron chi connectivity index (χ0n) is 11.4. The van der Waals surface area contributed by atoms with Gasteiger partial charge in [0.05, 0.1) is 24.1 Å².